The molecule has 1 aliphatic heterocycles. The van der Waals surface area contributed by atoms with Crippen LogP contribution in [0.15, 0.2) is 35.5 Å². The Bertz CT molecular complexity index is 593. The van der Waals surface area contributed by atoms with Crippen LogP contribution in [0.4, 0.5) is 0 Å². The van der Waals surface area contributed by atoms with Gasteiger partial charge in [0.25, 0.3) is 0 Å². The maximum absolute atomic E-state index is 5.50. The number of fused-ring (bicyclic) bond motifs is 1. The van der Waals surface area contributed by atoms with Gasteiger partial charge in [0, 0.05) is 16.6 Å². The van der Waals surface area contributed by atoms with Crippen molar-refractivity contribution in [1.82, 2.24) is 14.8 Å². The van der Waals surface area contributed by atoms with Crippen molar-refractivity contribution in [2.45, 2.75) is 17.4 Å². The van der Waals surface area contributed by atoms with Gasteiger partial charge < -0.3 is 5.73 Å². The summed E-state index contributed by atoms with van der Waals surface area (Å²) in [5.41, 5.74) is 6.90. The summed E-state index contributed by atoms with van der Waals surface area (Å²) >= 11 is 6.75. The molecule has 0 bridgehead atoms. The van der Waals surface area contributed by atoms with Crippen LogP contribution >= 0.6 is 24.0 Å². The molecule has 92 valence electrons. The molecule has 6 heteroatoms. The lowest BCUT2D eigenvalue weighted by Gasteiger charge is -2.09. The SMILES string of the molecule is NC(=S)c1ncn(CC2CSc3ccccc32)n1. The fourth-order valence-corrected chi connectivity index (χ4v) is 3.44. The molecule has 0 saturated carbocycles. The number of thiocarbonyl (C=S) groups is 1. The first kappa shape index (κ1) is 11.7. The van der Waals surface area contributed by atoms with E-state index in [4.69, 9.17) is 18.0 Å². The highest BCUT2D eigenvalue weighted by molar-refractivity contribution is 7.99. The van der Waals surface area contributed by atoms with Gasteiger partial charge in [0.05, 0.1) is 6.54 Å². The molecule has 1 atom stereocenters. The van der Waals surface area contributed by atoms with Gasteiger partial charge in [-0.25, -0.2) is 4.98 Å². The fourth-order valence-electron chi connectivity index (χ4n) is 2.10. The van der Waals surface area contributed by atoms with Crippen LogP contribution in [0.3, 0.4) is 0 Å². The molecule has 2 N–H and O–H groups in total. The molecule has 0 fully saturated rings. The van der Waals surface area contributed by atoms with E-state index in [1.54, 1.807) is 6.33 Å². The van der Waals surface area contributed by atoms with E-state index in [0.717, 1.165) is 12.3 Å². The molecular formula is C12H12N4S2. The Morgan fingerprint density at radius 3 is 3.11 bits per heavy atom. The third-order valence-electron chi connectivity index (χ3n) is 2.96. The highest BCUT2D eigenvalue weighted by Gasteiger charge is 2.23. The zero-order valence-corrected chi connectivity index (χ0v) is 11.2. The first-order valence-electron chi connectivity index (χ1n) is 5.65. The molecule has 0 amide bonds. The Labute approximate surface area is 115 Å². The van der Waals surface area contributed by atoms with Crippen molar-refractivity contribution in [2.24, 2.45) is 5.73 Å². The van der Waals surface area contributed by atoms with Gasteiger partial charge in [0.15, 0.2) is 0 Å². The minimum absolute atomic E-state index is 0.245. The highest BCUT2D eigenvalue weighted by Crippen LogP contribution is 2.39. The first-order chi connectivity index (χ1) is 8.74. The van der Waals surface area contributed by atoms with Crippen molar-refractivity contribution in [3.8, 4) is 0 Å². The van der Waals surface area contributed by atoms with Crippen LogP contribution in [-0.2, 0) is 6.54 Å². The van der Waals surface area contributed by atoms with Crippen LogP contribution in [0.1, 0.15) is 17.3 Å². The summed E-state index contributed by atoms with van der Waals surface area (Å²) in [6.07, 6.45) is 1.69. The van der Waals surface area contributed by atoms with Crippen molar-refractivity contribution in [3.05, 3.63) is 42.0 Å². The summed E-state index contributed by atoms with van der Waals surface area (Å²) in [5.74, 6) is 2.01. The van der Waals surface area contributed by atoms with E-state index in [1.165, 1.54) is 10.5 Å². The molecule has 1 unspecified atom stereocenters. The highest BCUT2D eigenvalue weighted by atomic mass is 32.2. The second-order valence-electron chi connectivity index (χ2n) is 4.20. The average Bonchev–Trinajstić information content (AvgIpc) is 2.98. The van der Waals surface area contributed by atoms with Crippen LogP contribution in [-0.4, -0.2) is 25.5 Å². The van der Waals surface area contributed by atoms with Crippen LogP contribution in [0.2, 0.25) is 0 Å². The van der Waals surface area contributed by atoms with Crippen LogP contribution < -0.4 is 5.73 Å². The molecule has 1 aromatic heterocycles. The Morgan fingerprint density at radius 1 is 1.50 bits per heavy atom. The molecule has 0 spiro atoms. The Balaban J connectivity index is 1.80. The summed E-state index contributed by atoms with van der Waals surface area (Å²) < 4.78 is 1.82. The third kappa shape index (κ3) is 2.13. The Kier molecular flexibility index (Phi) is 3.05. The topological polar surface area (TPSA) is 56.7 Å². The lowest BCUT2D eigenvalue weighted by atomic mass is 10.0. The summed E-state index contributed by atoms with van der Waals surface area (Å²) in [7, 11) is 0. The monoisotopic (exact) mass is 276 g/mol. The van der Waals surface area contributed by atoms with E-state index in [2.05, 4.69) is 34.3 Å². The number of nitrogens with two attached hydrogens (primary N) is 1. The number of thioether (sulfide) groups is 1. The Hall–Kier alpha value is -1.40. The second kappa shape index (κ2) is 4.70. The van der Waals surface area contributed by atoms with Crippen LogP contribution in [0.5, 0.6) is 0 Å². The van der Waals surface area contributed by atoms with Gasteiger partial charge in [-0.1, -0.05) is 30.4 Å². The minimum atomic E-state index is 0.245. The zero-order chi connectivity index (χ0) is 12.5. The molecule has 0 aliphatic carbocycles. The molecule has 1 aliphatic rings. The number of rotatable bonds is 3. The predicted molar refractivity (Wildman–Crippen MR) is 75.8 cm³/mol. The molecule has 3 rings (SSSR count). The maximum atomic E-state index is 5.50. The van der Waals surface area contributed by atoms with Crippen LogP contribution in [0.25, 0.3) is 0 Å². The van der Waals surface area contributed by atoms with Gasteiger partial charge in [-0.3, -0.25) is 4.68 Å². The van der Waals surface area contributed by atoms with Crippen molar-refractivity contribution >= 4 is 29.0 Å². The number of aromatic nitrogens is 3. The van der Waals surface area contributed by atoms with Gasteiger partial charge in [0.2, 0.25) is 5.82 Å². The standard InChI is InChI=1S/C12H12N4S2/c13-11(17)12-14-7-16(15-12)5-8-6-18-10-4-2-1-3-9(8)10/h1-4,7-8H,5-6H2,(H2,13,17). The predicted octanol–water partition coefficient (Wildman–Crippen LogP) is 1.80. The largest absolute Gasteiger partial charge is 0.387 e. The van der Waals surface area contributed by atoms with Gasteiger partial charge in [-0.2, -0.15) is 0 Å². The fraction of sp³-hybridized carbons (Fsp3) is 0.250. The number of benzene rings is 1. The minimum Gasteiger partial charge on any atom is -0.387 e. The van der Waals surface area contributed by atoms with Crippen LogP contribution in [0, 0.1) is 0 Å². The van der Waals surface area contributed by atoms with E-state index in [-0.39, 0.29) is 4.99 Å². The molecule has 2 aromatic rings. The van der Waals surface area contributed by atoms with Crippen molar-refractivity contribution in [3.63, 3.8) is 0 Å². The molecule has 4 nitrogen and oxygen atoms in total. The van der Waals surface area contributed by atoms with Crippen molar-refractivity contribution in [1.29, 1.82) is 0 Å². The summed E-state index contributed by atoms with van der Waals surface area (Å²) in [5, 5.41) is 4.28. The number of nitrogens with zero attached hydrogens (tertiary/aromatic N) is 3. The second-order valence-corrected chi connectivity index (χ2v) is 5.70. The summed E-state index contributed by atoms with van der Waals surface area (Å²) in [6, 6.07) is 8.52. The summed E-state index contributed by atoms with van der Waals surface area (Å²) in [4.78, 5) is 5.71. The van der Waals surface area contributed by atoms with Gasteiger partial charge >= 0.3 is 0 Å². The quantitative estimate of drug-likeness (QED) is 0.866. The van der Waals surface area contributed by atoms with E-state index in [0.29, 0.717) is 11.7 Å². The molecule has 0 radical (unpaired) electrons. The third-order valence-corrected chi connectivity index (χ3v) is 4.40. The smallest absolute Gasteiger partial charge is 0.208 e. The summed E-state index contributed by atoms with van der Waals surface area (Å²) in [6.45, 7) is 0.819. The first-order valence-corrected chi connectivity index (χ1v) is 7.04. The zero-order valence-electron chi connectivity index (χ0n) is 9.61. The van der Waals surface area contributed by atoms with Gasteiger partial charge in [-0.05, 0) is 11.6 Å². The molecule has 2 heterocycles. The molecular weight excluding hydrogens is 264 g/mol. The number of hydrogen-bond acceptors (Lipinski definition) is 4. The van der Waals surface area contributed by atoms with Gasteiger partial charge in [-0.15, -0.1) is 16.9 Å². The molecule has 18 heavy (non-hydrogen) atoms. The Morgan fingerprint density at radius 2 is 2.33 bits per heavy atom. The maximum Gasteiger partial charge on any atom is 0.208 e. The van der Waals surface area contributed by atoms with E-state index in [9.17, 15) is 0 Å². The van der Waals surface area contributed by atoms with E-state index < -0.39 is 0 Å². The lowest BCUT2D eigenvalue weighted by Crippen LogP contribution is -2.14. The van der Waals surface area contributed by atoms with Crippen molar-refractivity contribution < 1.29 is 0 Å². The average molecular weight is 276 g/mol. The lowest BCUT2D eigenvalue weighted by molar-refractivity contribution is 0.547. The molecule has 1 aromatic carbocycles. The molecule has 0 saturated heterocycles. The van der Waals surface area contributed by atoms with E-state index >= 15 is 0 Å². The van der Waals surface area contributed by atoms with Crippen molar-refractivity contribution in [2.75, 3.05) is 5.75 Å². The number of hydrogen-bond donors (Lipinski definition) is 1. The van der Waals surface area contributed by atoms with Gasteiger partial charge in [0.1, 0.15) is 11.3 Å². The normalized spacial score (nSPS) is 17.7. The van der Waals surface area contributed by atoms with E-state index in [1.807, 2.05) is 16.4 Å².